The molecule has 1 aliphatic heterocycles. The lowest BCUT2D eigenvalue weighted by Crippen LogP contribution is -2.23. The summed E-state index contributed by atoms with van der Waals surface area (Å²) in [5.74, 6) is 3.26. The highest BCUT2D eigenvalue weighted by atomic mass is 16.5. The Hall–Kier alpha value is -2.01. The summed E-state index contributed by atoms with van der Waals surface area (Å²) in [5.41, 5.74) is 1.23. The molecule has 136 valence electrons. The van der Waals surface area contributed by atoms with Gasteiger partial charge < -0.3 is 13.9 Å². The Labute approximate surface area is 149 Å². The summed E-state index contributed by atoms with van der Waals surface area (Å²) in [7, 11) is 3.34. The zero-order chi connectivity index (χ0) is 18.0. The van der Waals surface area contributed by atoms with Crippen molar-refractivity contribution in [3.05, 3.63) is 41.6 Å². The molecule has 1 saturated heterocycles. The van der Waals surface area contributed by atoms with Gasteiger partial charge in [0.25, 0.3) is 0 Å². The Morgan fingerprint density at radius 2 is 1.96 bits per heavy atom. The average Bonchev–Trinajstić information content (AvgIpc) is 3.23. The predicted octanol–water partition coefficient (Wildman–Crippen LogP) is 4.33. The number of aromatic nitrogens is 1. The van der Waals surface area contributed by atoms with E-state index in [-0.39, 0.29) is 5.41 Å². The quantitative estimate of drug-likeness (QED) is 0.808. The molecule has 1 fully saturated rings. The second-order valence-corrected chi connectivity index (χ2v) is 7.61. The van der Waals surface area contributed by atoms with Crippen LogP contribution in [0, 0.1) is 0 Å². The summed E-state index contributed by atoms with van der Waals surface area (Å²) < 4.78 is 16.8. The molecule has 0 saturated carbocycles. The van der Waals surface area contributed by atoms with Crippen LogP contribution in [0.4, 0.5) is 0 Å². The molecule has 0 N–H and O–H groups in total. The fourth-order valence-corrected chi connectivity index (χ4v) is 3.36. The number of likely N-dealkylation sites (tertiary alicyclic amines) is 1. The van der Waals surface area contributed by atoms with Crippen molar-refractivity contribution < 1.29 is 13.9 Å². The molecule has 1 aromatic carbocycles. The lowest BCUT2D eigenvalue weighted by atomic mass is 9.94. The van der Waals surface area contributed by atoms with Gasteiger partial charge in [-0.05, 0) is 37.1 Å². The van der Waals surface area contributed by atoms with Gasteiger partial charge in [0, 0.05) is 11.5 Å². The molecule has 1 aliphatic rings. The highest BCUT2D eigenvalue weighted by Crippen LogP contribution is 2.37. The zero-order valence-electron chi connectivity index (χ0n) is 15.8. The fraction of sp³-hybridized carbons (Fsp3) is 0.550. The Bertz CT molecular complexity index is 718. The number of benzene rings is 1. The van der Waals surface area contributed by atoms with Crippen LogP contribution in [-0.2, 0) is 12.0 Å². The van der Waals surface area contributed by atoms with Gasteiger partial charge in [-0.3, -0.25) is 4.90 Å². The van der Waals surface area contributed by atoms with Gasteiger partial charge in [0.15, 0.2) is 11.5 Å². The third-order valence-corrected chi connectivity index (χ3v) is 4.79. The predicted molar refractivity (Wildman–Crippen MR) is 97.1 cm³/mol. The van der Waals surface area contributed by atoms with Gasteiger partial charge in [-0.2, -0.15) is 0 Å². The molecule has 1 unspecified atom stereocenters. The monoisotopic (exact) mass is 344 g/mol. The minimum Gasteiger partial charge on any atom is -0.493 e. The van der Waals surface area contributed by atoms with Crippen LogP contribution < -0.4 is 9.47 Å². The lowest BCUT2D eigenvalue weighted by molar-refractivity contribution is 0.217. The second-order valence-electron chi connectivity index (χ2n) is 7.61. The van der Waals surface area contributed by atoms with Crippen molar-refractivity contribution in [2.45, 2.75) is 51.6 Å². The second kappa shape index (κ2) is 7.08. The van der Waals surface area contributed by atoms with E-state index < -0.39 is 0 Å². The van der Waals surface area contributed by atoms with Crippen LogP contribution >= 0.6 is 0 Å². The molecule has 2 heterocycles. The molecule has 1 aromatic heterocycles. The maximum atomic E-state index is 5.98. The Morgan fingerprint density at radius 3 is 2.60 bits per heavy atom. The summed E-state index contributed by atoms with van der Waals surface area (Å²) in [6.45, 7) is 8.19. The van der Waals surface area contributed by atoms with E-state index in [1.165, 1.54) is 12.0 Å². The van der Waals surface area contributed by atoms with E-state index in [9.17, 15) is 0 Å². The van der Waals surface area contributed by atoms with Gasteiger partial charge in [-0.1, -0.05) is 26.8 Å². The van der Waals surface area contributed by atoms with Crippen molar-refractivity contribution in [3.63, 3.8) is 0 Å². The zero-order valence-corrected chi connectivity index (χ0v) is 15.8. The third kappa shape index (κ3) is 3.82. The fourth-order valence-electron chi connectivity index (χ4n) is 3.36. The first-order valence-electron chi connectivity index (χ1n) is 8.83. The molecule has 0 spiro atoms. The summed E-state index contributed by atoms with van der Waals surface area (Å²) in [4.78, 5) is 6.91. The molecule has 5 heteroatoms. The van der Waals surface area contributed by atoms with E-state index in [0.29, 0.717) is 6.04 Å². The molecule has 5 nitrogen and oxygen atoms in total. The number of ether oxygens (including phenoxy) is 2. The van der Waals surface area contributed by atoms with E-state index in [4.69, 9.17) is 13.9 Å². The average molecular weight is 344 g/mol. The molecule has 0 amide bonds. The Kier molecular flexibility index (Phi) is 5.04. The topological polar surface area (TPSA) is 47.7 Å². The van der Waals surface area contributed by atoms with E-state index >= 15 is 0 Å². The van der Waals surface area contributed by atoms with Gasteiger partial charge in [-0.15, -0.1) is 0 Å². The van der Waals surface area contributed by atoms with E-state index in [1.807, 2.05) is 12.3 Å². The molecule has 2 aromatic rings. The number of hydrogen-bond donors (Lipinski definition) is 0. The van der Waals surface area contributed by atoms with Gasteiger partial charge in [0.05, 0.1) is 27.0 Å². The van der Waals surface area contributed by atoms with Crippen LogP contribution in [0.1, 0.15) is 56.9 Å². The number of oxazole rings is 1. The van der Waals surface area contributed by atoms with Crippen LogP contribution in [0.3, 0.4) is 0 Å². The molecule has 1 atom stereocenters. The van der Waals surface area contributed by atoms with Crippen LogP contribution in [-0.4, -0.2) is 30.6 Å². The molecular weight excluding hydrogens is 316 g/mol. The molecule has 25 heavy (non-hydrogen) atoms. The summed E-state index contributed by atoms with van der Waals surface area (Å²) in [6, 6.07) is 6.54. The molecular formula is C20H28N2O3. The SMILES string of the molecule is COc1ccc(C2CCCN2Cc2ncc(C(C)(C)C)o2)cc1OC. The number of methoxy groups -OCH3 is 2. The summed E-state index contributed by atoms with van der Waals surface area (Å²) in [6.07, 6.45) is 4.16. The first kappa shape index (κ1) is 17.8. The van der Waals surface area contributed by atoms with Gasteiger partial charge >= 0.3 is 0 Å². The minimum atomic E-state index is -0.0149. The van der Waals surface area contributed by atoms with E-state index in [1.54, 1.807) is 14.2 Å². The lowest BCUT2D eigenvalue weighted by Gasteiger charge is -2.24. The highest BCUT2D eigenvalue weighted by molar-refractivity contribution is 5.44. The Morgan fingerprint density at radius 1 is 1.20 bits per heavy atom. The largest absolute Gasteiger partial charge is 0.493 e. The van der Waals surface area contributed by atoms with E-state index in [2.05, 4.69) is 42.8 Å². The van der Waals surface area contributed by atoms with Crippen molar-refractivity contribution in [3.8, 4) is 11.5 Å². The normalized spacial score (nSPS) is 18.5. The number of rotatable bonds is 5. The first-order chi connectivity index (χ1) is 11.9. The van der Waals surface area contributed by atoms with Crippen molar-refractivity contribution in [1.29, 1.82) is 0 Å². The molecule has 3 rings (SSSR count). The van der Waals surface area contributed by atoms with E-state index in [0.717, 1.165) is 42.7 Å². The van der Waals surface area contributed by atoms with Gasteiger partial charge in [0.1, 0.15) is 5.76 Å². The van der Waals surface area contributed by atoms with Crippen molar-refractivity contribution >= 4 is 0 Å². The molecule has 0 bridgehead atoms. The smallest absolute Gasteiger partial charge is 0.208 e. The minimum absolute atomic E-state index is 0.0149. The first-order valence-corrected chi connectivity index (χ1v) is 8.83. The number of nitrogens with zero attached hydrogens (tertiary/aromatic N) is 2. The maximum Gasteiger partial charge on any atom is 0.208 e. The van der Waals surface area contributed by atoms with Crippen LogP contribution in [0.25, 0.3) is 0 Å². The van der Waals surface area contributed by atoms with Crippen molar-refractivity contribution in [2.75, 3.05) is 20.8 Å². The summed E-state index contributed by atoms with van der Waals surface area (Å²) >= 11 is 0. The Balaban J connectivity index is 1.78. The van der Waals surface area contributed by atoms with Gasteiger partial charge in [-0.25, -0.2) is 4.98 Å². The van der Waals surface area contributed by atoms with Crippen LogP contribution in [0.2, 0.25) is 0 Å². The third-order valence-electron chi connectivity index (χ3n) is 4.79. The van der Waals surface area contributed by atoms with Crippen LogP contribution in [0.15, 0.2) is 28.8 Å². The van der Waals surface area contributed by atoms with Crippen LogP contribution in [0.5, 0.6) is 11.5 Å². The highest BCUT2D eigenvalue weighted by Gasteiger charge is 2.28. The maximum absolute atomic E-state index is 5.98. The summed E-state index contributed by atoms with van der Waals surface area (Å²) in [5, 5.41) is 0. The van der Waals surface area contributed by atoms with Gasteiger partial charge in [0.2, 0.25) is 5.89 Å². The molecule has 0 radical (unpaired) electrons. The number of hydrogen-bond acceptors (Lipinski definition) is 5. The van der Waals surface area contributed by atoms with Crippen molar-refractivity contribution in [1.82, 2.24) is 9.88 Å². The standard InChI is InChI=1S/C20H28N2O3/c1-20(2,3)18-12-21-19(25-18)13-22-10-6-7-15(22)14-8-9-16(23-4)17(11-14)24-5/h8-9,11-12,15H,6-7,10,13H2,1-5H3. The van der Waals surface area contributed by atoms with Crippen molar-refractivity contribution in [2.24, 2.45) is 0 Å². The molecule has 0 aliphatic carbocycles.